The van der Waals surface area contributed by atoms with E-state index in [1.54, 1.807) is 12.3 Å². The van der Waals surface area contributed by atoms with Gasteiger partial charge in [0.15, 0.2) is 5.78 Å². The number of alkyl halides is 1. The van der Waals surface area contributed by atoms with E-state index < -0.39 is 18.3 Å². The SMILES string of the molecule is O=C1CNCc2[nH]c(-c3ccnc(NC(O)[C@@H]4C[C@@H]4F)c3)c(Nc3ccccc3)c21. The average molecular weight is 407 g/mol. The van der Waals surface area contributed by atoms with Crippen molar-refractivity contribution in [1.29, 1.82) is 0 Å². The minimum absolute atomic E-state index is 0.0164. The number of hydrogen-bond acceptors (Lipinski definition) is 6. The number of Topliss-reactive ketones (excluding diaryl/α,β-unsaturated/α-hetero) is 1. The Morgan fingerprint density at radius 1 is 1.20 bits per heavy atom. The van der Waals surface area contributed by atoms with Crippen LogP contribution in [0.1, 0.15) is 22.5 Å². The Kier molecular flexibility index (Phi) is 4.72. The van der Waals surface area contributed by atoms with Crippen LogP contribution in [0.25, 0.3) is 11.3 Å². The number of rotatable bonds is 6. The summed E-state index contributed by atoms with van der Waals surface area (Å²) in [5.74, 6) is 0.0665. The van der Waals surface area contributed by atoms with Gasteiger partial charge in [-0.3, -0.25) is 4.79 Å². The number of aromatic nitrogens is 2. The maximum atomic E-state index is 13.2. The van der Waals surface area contributed by atoms with Crippen molar-refractivity contribution in [3.05, 3.63) is 59.9 Å². The van der Waals surface area contributed by atoms with E-state index in [0.29, 0.717) is 30.0 Å². The Morgan fingerprint density at radius 3 is 2.77 bits per heavy atom. The summed E-state index contributed by atoms with van der Waals surface area (Å²) in [6, 6.07) is 13.3. The Morgan fingerprint density at radius 2 is 2.00 bits per heavy atom. The van der Waals surface area contributed by atoms with Crippen molar-refractivity contribution in [3.63, 3.8) is 0 Å². The molecule has 0 bridgehead atoms. The quantitative estimate of drug-likeness (QED) is 0.402. The lowest BCUT2D eigenvalue weighted by atomic mass is 10.0. The van der Waals surface area contributed by atoms with Gasteiger partial charge in [-0.15, -0.1) is 0 Å². The second kappa shape index (κ2) is 7.55. The number of halogens is 1. The number of aliphatic hydroxyl groups excluding tert-OH is 1. The summed E-state index contributed by atoms with van der Waals surface area (Å²) in [6.07, 6.45) is 0.0340. The highest BCUT2D eigenvalue weighted by molar-refractivity contribution is 6.08. The molecule has 1 saturated carbocycles. The van der Waals surface area contributed by atoms with Crippen molar-refractivity contribution in [2.24, 2.45) is 5.92 Å². The number of carbonyl (C=O) groups excluding carboxylic acids is 1. The Balaban J connectivity index is 1.52. The van der Waals surface area contributed by atoms with E-state index >= 15 is 0 Å². The molecule has 0 radical (unpaired) electrons. The van der Waals surface area contributed by atoms with Gasteiger partial charge in [-0.2, -0.15) is 0 Å². The average Bonchev–Trinajstić information content (AvgIpc) is 3.37. The summed E-state index contributed by atoms with van der Waals surface area (Å²) in [7, 11) is 0. The Bertz CT molecular complexity index is 1080. The molecule has 8 heteroatoms. The van der Waals surface area contributed by atoms with Crippen LogP contribution in [0, 0.1) is 5.92 Å². The number of fused-ring (bicyclic) bond motifs is 1. The molecule has 5 N–H and O–H groups in total. The molecule has 5 rings (SSSR count). The van der Waals surface area contributed by atoms with Crippen molar-refractivity contribution >= 4 is 23.0 Å². The van der Waals surface area contributed by atoms with E-state index in [1.165, 1.54) is 0 Å². The lowest BCUT2D eigenvalue weighted by molar-refractivity contribution is 0.0983. The number of benzene rings is 1. The lowest BCUT2D eigenvalue weighted by Crippen LogP contribution is -2.29. The number of para-hydroxylation sites is 1. The number of aromatic amines is 1. The summed E-state index contributed by atoms with van der Waals surface area (Å²) in [5.41, 5.74) is 4.62. The first-order valence-corrected chi connectivity index (χ1v) is 9.96. The van der Waals surface area contributed by atoms with Crippen LogP contribution in [0.15, 0.2) is 48.7 Å². The third kappa shape index (κ3) is 3.55. The number of carbonyl (C=O) groups is 1. The zero-order valence-corrected chi connectivity index (χ0v) is 16.2. The molecule has 0 spiro atoms. The zero-order chi connectivity index (χ0) is 20.7. The van der Waals surface area contributed by atoms with E-state index in [1.807, 2.05) is 36.4 Å². The van der Waals surface area contributed by atoms with Crippen molar-refractivity contribution in [1.82, 2.24) is 15.3 Å². The van der Waals surface area contributed by atoms with Gasteiger partial charge in [0, 0.05) is 35.6 Å². The van der Waals surface area contributed by atoms with Crippen LogP contribution < -0.4 is 16.0 Å². The molecule has 7 nitrogen and oxygen atoms in total. The van der Waals surface area contributed by atoms with E-state index in [0.717, 1.165) is 22.6 Å². The number of H-pyrrole nitrogens is 1. The fraction of sp³-hybridized carbons (Fsp3) is 0.273. The summed E-state index contributed by atoms with van der Waals surface area (Å²) in [6.45, 7) is 0.855. The van der Waals surface area contributed by atoms with E-state index in [-0.39, 0.29) is 12.3 Å². The molecule has 1 aliphatic carbocycles. The number of pyridine rings is 1. The van der Waals surface area contributed by atoms with Crippen LogP contribution >= 0.6 is 0 Å². The van der Waals surface area contributed by atoms with Crippen LogP contribution in [-0.2, 0) is 6.54 Å². The first-order valence-electron chi connectivity index (χ1n) is 9.96. The molecule has 3 atom stereocenters. The van der Waals surface area contributed by atoms with Crippen molar-refractivity contribution < 1.29 is 14.3 Å². The van der Waals surface area contributed by atoms with E-state index in [2.05, 4.69) is 25.9 Å². The molecule has 154 valence electrons. The van der Waals surface area contributed by atoms with Gasteiger partial charge in [-0.1, -0.05) is 18.2 Å². The van der Waals surface area contributed by atoms with Gasteiger partial charge in [-0.25, -0.2) is 9.37 Å². The van der Waals surface area contributed by atoms with E-state index in [4.69, 9.17) is 0 Å². The van der Waals surface area contributed by atoms with Crippen LogP contribution in [-0.4, -0.2) is 39.8 Å². The normalized spacial score (nSPS) is 21.1. The van der Waals surface area contributed by atoms with Gasteiger partial charge in [0.05, 0.1) is 23.5 Å². The maximum Gasteiger partial charge on any atom is 0.180 e. The first-order chi connectivity index (χ1) is 14.6. The molecule has 0 saturated heterocycles. The maximum absolute atomic E-state index is 13.2. The Labute approximate surface area is 172 Å². The van der Waals surface area contributed by atoms with Gasteiger partial charge < -0.3 is 26.0 Å². The molecule has 1 aliphatic heterocycles. The van der Waals surface area contributed by atoms with Crippen molar-refractivity contribution in [2.75, 3.05) is 17.2 Å². The fourth-order valence-corrected chi connectivity index (χ4v) is 3.82. The molecular formula is C22H22FN5O2. The minimum atomic E-state index is -0.979. The van der Waals surface area contributed by atoms with Crippen LogP contribution in [0.3, 0.4) is 0 Å². The second-order valence-electron chi connectivity index (χ2n) is 7.68. The van der Waals surface area contributed by atoms with Crippen molar-refractivity contribution in [3.8, 4) is 11.3 Å². The number of nitrogens with one attached hydrogen (secondary N) is 4. The first kappa shape index (κ1) is 18.8. The van der Waals surface area contributed by atoms with Gasteiger partial charge in [0.25, 0.3) is 0 Å². The smallest absolute Gasteiger partial charge is 0.180 e. The third-order valence-corrected chi connectivity index (χ3v) is 5.50. The molecule has 2 aromatic heterocycles. The number of aliphatic hydroxyl groups is 1. The Hall–Kier alpha value is -3.23. The molecule has 30 heavy (non-hydrogen) atoms. The van der Waals surface area contributed by atoms with Crippen molar-refractivity contribution in [2.45, 2.75) is 25.4 Å². The summed E-state index contributed by atoms with van der Waals surface area (Å²) in [4.78, 5) is 20.3. The molecule has 1 aromatic carbocycles. The van der Waals surface area contributed by atoms with Gasteiger partial charge in [0.2, 0.25) is 0 Å². The van der Waals surface area contributed by atoms with Gasteiger partial charge in [0.1, 0.15) is 18.2 Å². The zero-order valence-electron chi connectivity index (χ0n) is 16.2. The monoisotopic (exact) mass is 407 g/mol. The van der Waals surface area contributed by atoms with Gasteiger partial charge in [-0.05, 0) is 30.7 Å². The highest BCUT2D eigenvalue weighted by Crippen LogP contribution is 2.39. The second-order valence-corrected chi connectivity index (χ2v) is 7.68. The topological polar surface area (TPSA) is 102 Å². The number of ketones is 1. The van der Waals surface area contributed by atoms with Crippen LogP contribution in [0.2, 0.25) is 0 Å². The third-order valence-electron chi connectivity index (χ3n) is 5.50. The number of anilines is 3. The molecule has 1 fully saturated rings. The molecule has 3 heterocycles. The predicted molar refractivity (Wildman–Crippen MR) is 112 cm³/mol. The van der Waals surface area contributed by atoms with Crippen LogP contribution in [0.5, 0.6) is 0 Å². The number of nitrogens with zero attached hydrogens (tertiary/aromatic N) is 1. The standard InChI is InChI=1S/C22H22FN5O2/c23-15-9-14(15)22(30)28-18-8-12(6-7-25-18)20-21(26-13-4-2-1-3-5-13)19-16(27-20)10-24-11-17(19)29/h1-8,14-15,22,24,26-27,30H,9-11H2,(H,25,28)/t14-,15+,22?/m1/s1. The highest BCUT2D eigenvalue weighted by atomic mass is 19.1. The fourth-order valence-electron chi connectivity index (χ4n) is 3.82. The predicted octanol–water partition coefficient (Wildman–Crippen LogP) is 3.19. The molecule has 0 amide bonds. The molecule has 1 unspecified atom stereocenters. The van der Waals surface area contributed by atoms with E-state index in [9.17, 15) is 14.3 Å². The minimum Gasteiger partial charge on any atom is -0.373 e. The van der Waals surface area contributed by atoms with Crippen LogP contribution in [0.4, 0.5) is 21.6 Å². The summed E-state index contributed by atoms with van der Waals surface area (Å²) < 4.78 is 13.2. The molecule has 2 aliphatic rings. The summed E-state index contributed by atoms with van der Waals surface area (Å²) in [5, 5.41) is 19.5. The summed E-state index contributed by atoms with van der Waals surface area (Å²) >= 11 is 0. The molecule has 3 aromatic rings. The number of hydrogen-bond donors (Lipinski definition) is 5. The molecular weight excluding hydrogens is 385 g/mol. The lowest BCUT2D eigenvalue weighted by Gasteiger charge is -2.15. The van der Waals surface area contributed by atoms with Gasteiger partial charge >= 0.3 is 0 Å². The highest BCUT2D eigenvalue weighted by Gasteiger charge is 2.43. The largest absolute Gasteiger partial charge is 0.373 e.